The molecule has 0 aliphatic carbocycles. The number of fused-ring (bicyclic) bond motifs is 3. The van der Waals surface area contributed by atoms with E-state index >= 15 is 0 Å². The third-order valence-electron chi connectivity index (χ3n) is 3.37. The first-order valence-electron chi connectivity index (χ1n) is 6.32. The fraction of sp³-hybridized carbons (Fsp3) is 0.0588. The van der Waals surface area contributed by atoms with E-state index in [4.69, 9.17) is 4.74 Å². The smallest absolute Gasteiger partial charge is 0.174 e. The molecule has 0 radical (unpaired) electrons. The van der Waals surface area contributed by atoms with E-state index in [1.54, 1.807) is 11.8 Å². The van der Waals surface area contributed by atoms with Crippen LogP contribution in [0.2, 0.25) is 0 Å². The molecular formula is C17H12OS. The molecular weight excluding hydrogens is 252 g/mol. The summed E-state index contributed by atoms with van der Waals surface area (Å²) < 4.78 is 6.17. The summed E-state index contributed by atoms with van der Waals surface area (Å²) in [5.74, 6) is 1.02. The van der Waals surface area contributed by atoms with Gasteiger partial charge in [-0.15, -0.1) is 0 Å². The lowest BCUT2D eigenvalue weighted by molar-refractivity contribution is 0.306. The molecule has 3 aromatic rings. The van der Waals surface area contributed by atoms with E-state index in [0.29, 0.717) is 0 Å². The maximum absolute atomic E-state index is 6.17. The molecule has 92 valence electrons. The Kier molecular flexibility index (Phi) is 2.49. The quantitative estimate of drug-likeness (QED) is 0.610. The molecule has 1 atom stereocenters. The van der Waals surface area contributed by atoms with Crippen molar-refractivity contribution in [3.63, 3.8) is 0 Å². The molecule has 1 aliphatic rings. The summed E-state index contributed by atoms with van der Waals surface area (Å²) in [7, 11) is 0. The van der Waals surface area contributed by atoms with Crippen molar-refractivity contribution in [1.82, 2.24) is 0 Å². The van der Waals surface area contributed by atoms with E-state index in [-0.39, 0.29) is 5.44 Å². The van der Waals surface area contributed by atoms with Gasteiger partial charge in [0.05, 0.1) is 4.90 Å². The van der Waals surface area contributed by atoms with Gasteiger partial charge in [0.25, 0.3) is 0 Å². The van der Waals surface area contributed by atoms with Gasteiger partial charge < -0.3 is 4.74 Å². The molecule has 1 aliphatic heterocycles. The zero-order valence-corrected chi connectivity index (χ0v) is 11.1. The average molecular weight is 264 g/mol. The van der Waals surface area contributed by atoms with Gasteiger partial charge in [0.2, 0.25) is 0 Å². The number of rotatable bonds is 1. The summed E-state index contributed by atoms with van der Waals surface area (Å²) in [4.78, 5) is 1.23. The van der Waals surface area contributed by atoms with Crippen molar-refractivity contribution in [3.8, 4) is 5.75 Å². The van der Waals surface area contributed by atoms with E-state index in [1.807, 2.05) is 6.07 Å². The van der Waals surface area contributed by atoms with E-state index in [0.717, 1.165) is 5.75 Å². The first-order valence-corrected chi connectivity index (χ1v) is 7.20. The minimum absolute atomic E-state index is 0.0713. The maximum atomic E-state index is 6.17. The van der Waals surface area contributed by atoms with Gasteiger partial charge >= 0.3 is 0 Å². The van der Waals surface area contributed by atoms with Crippen LogP contribution in [0.4, 0.5) is 0 Å². The Morgan fingerprint density at radius 3 is 2.47 bits per heavy atom. The van der Waals surface area contributed by atoms with Crippen molar-refractivity contribution in [2.24, 2.45) is 0 Å². The highest BCUT2D eigenvalue weighted by Crippen LogP contribution is 2.51. The van der Waals surface area contributed by atoms with Gasteiger partial charge in [0.1, 0.15) is 5.75 Å². The summed E-state index contributed by atoms with van der Waals surface area (Å²) in [5, 5.41) is 2.43. The van der Waals surface area contributed by atoms with Crippen molar-refractivity contribution in [2.45, 2.75) is 10.3 Å². The molecule has 2 heteroatoms. The van der Waals surface area contributed by atoms with Gasteiger partial charge in [0, 0.05) is 10.9 Å². The second-order valence-electron chi connectivity index (χ2n) is 4.59. The molecule has 0 spiro atoms. The third-order valence-corrected chi connectivity index (χ3v) is 4.53. The summed E-state index contributed by atoms with van der Waals surface area (Å²) in [6.07, 6.45) is 0. The molecule has 4 rings (SSSR count). The van der Waals surface area contributed by atoms with Crippen molar-refractivity contribution in [2.75, 3.05) is 0 Å². The predicted molar refractivity (Wildman–Crippen MR) is 79.6 cm³/mol. The Morgan fingerprint density at radius 1 is 0.789 bits per heavy atom. The standard InChI is InChI=1S/C17H12OS/c1-2-7-13(8-3-1)17-18-16-14-9-5-4-6-12(14)10-11-15(16)19-17/h1-11,17H. The van der Waals surface area contributed by atoms with E-state index in [1.165, 1.54) is 21.2 Å². The Morgan fingerprint density at radius 2 is 1.58 bits per heavy atom. The van der Waals surface area contributed by atoms with Crippen LogP contribution in [0.25, 0.3) is 10.8 Å². The van der Waals surface area contributed by atoms with Crippen LogP contribution >= 0.6 is 11.8 Å². The molecule has 19 heavy (non-hydrogen) atoms. The van der Waals surface area contributed by atoms with Crippen LogP contribution in [0.3, 0.4) is 0 Å². The van der Waals surface area contributed by atoms with E-state index < -0.39 is 0 Å². The fourth-order valence-electron chi connectivity index (χ4n) is 2.43. The van der Waals surface area contributed by atoms with E-state index in [9.17, 15) is 0 Å². The van der Waals surface area contributed by atoms with Gasteiger partial charge in [-0.1, -0.05) is 72.4 Å². The summed E-state index contributed by atoms with van der Waals surface area (Å²) in [6.45, 7) is 0. The first-order chi connectivity index (χ1) is 9.42. The summed E-state index contributed by atoms with van der Waals surface area (Å²) in [5.41, 5.74) is 1.29. The molecule has 0 saturated carbocycles. The van der Waals surface area contributed by atoms with Gasteiger partial charge in [-0.25, -0.2) is 0 Å². The van der Waals surface area contributed by atoms with Crippen molar-refractivity contribution < 1.29 is 4.74 Å². The van der Waals surface area contributed by atoms with Crippen LogP contribution in [0.15, 0.2) is 71.6 Å². The highest BCUT2D eigenvalue weighted by Gasteiger charge is 2.26. The number of benzene rings is 3. The number of hydrogen-bond acceptors (Lipinski definition) is 2. The molecule has 0 fully saturated rings. The largest absolute Gasteiger partial charge is 0.473 e. The zero-order valence-electron chi connectivity index (χ0n) is 10.2. The van der Waals surface area contributed by atoms with Crippen LogP contribution in [0.1, 0.15) is 11.0 Å². The Labute approximate surface area is 116 Å². The molecule has 1 unspecified atom stereocenters. The Balaban J connectivity index is 1.80. The predicted octanol–water partition coefficient (Wildman–Crippen LogP) is 5.02. The highest BCUT2D eigenvalue weighted by atomic mass is 32.2. The highest BCUT2D eigenvalue weighted by molar-refractivity contribution is 7.99. The topological polar surface area (TPSA) is 9.23 Å². The molecule has 0 N–H and O–H groups in total. The van der Waals surface area contributed by atoms with Gasteiger partial charge in [-0.2, -0.15) is 0 Å². The monoisotopic (exact) mass is 264 g/mol. The van der Waals surface area contributed by atoms with Crippen LogP contribution in [-0.4, -0.2) is 0 Å². The second kappa shape index (κ2) is 4.32. The Bertz CT molecular complexity index is 737. The van der Waals surface area contributed by atoms with Crippen molar-refractivity contribution in [1.29, 1.82) is 0 Å². The number of ether oxygens (including phenoxy) is 1. The third kappa shape index (κ3) is 1.80. The van der Waals surface area contributed by atoms with Crippen LogP contribution in [-0.2, 0) is 0 Å². The lowest BCUT2D eigenvalue weighted by Crippen LogP contribution is -1.97. The zero-order chi connectivity index (χ0) is 12.7. The first kappa shape index (κ1) is 10.9. The Hall–Kier alpha value is -1.93. The lowest BCUT2D eigenvalue weighted by atomic mass is 10.1. The molecule has 0 amide bonds. The normalized spacial score (nSPS) is 17.2. The molecule has 0 aromatic heterocycles. The average Bonchev–Trinajstić information content (AvgIpc) is 2.93. The number of thioether (sulfide) groups is 1. The molecule has 3 aromatic carbocycles. The second-order valence-corrected chi connectivity index (χ2v) is 5.70. The van der Waals surface area contributed by atoms with Crippen LogP contribution in [0, 0.1) is 0 Å². The van der Waals surface area contributed by atoms with E-state index in [2.05, 4.69) is 60.7 Å². The van der Waals surface area contributed by atoms with Gasteiger partial charge in [-0.3, -0.25) is 0 Å². The molecule has 1 heterocycles. The summed E-state index contributed by atoms with van der Waals surface area (Å²) >= 11 is 1.78. The molecule has 0 saturated heterocycles. The van der Waals surface area contributed by atoms with Gasteiger partial charge in [0.15, 0.2) is 5.44 Å². The fourth-order valence-corrected chi connectivity index (χ4v) is 3.51. The van der Waals surface area contributed by atoms with Crippen LogP contribution in [0.5, 0.6) is 5.75 Å². The maximum Gasteiger partial charge on any atom is 0.174 e. The minimum Gasteiger partial charge on any atom is -0.473 e. The SMILES string of the molecule is c1ccc(C2Oc3c(ccc4ccccc34)S2)cc1. The summed E-state index contributed by atoms with van der Waals surface area (Å²) in [6, 6.07) is 23.1. The number of hydrogen-bond donors (Lipinski definition) is 0. The molecule has 1 nitrogen and oxygen atoms in total. The lowest BCUT2D eigenvalue weighted by Gasteiger charge is -2.10. The molecule has 0 bridgehead atoms. The van der Waals surface area contributed by atoms with Crippen molar-refractivity contribution >= 4 is 22.5 Å². The van der Waals surface area contributed by atoms with Gasteiger partial charge in [-0.05, 0) is 11.5 Å². The van der Waals surface area contributed by atoms with Crippen LogP contribution < -0.4 is 4.74 Å². The van der Waals surface area contributed by atoms with Crippen molar-refractivity contribution in [3.05, 3.63) is 72.3 Å². The minimum atomic E-state index is 0.0713.